The van der Waals surface area contributed by atoms with Gasteiger partial charge in [-0.05, 0) is 54.7 Å². The van der Waals surface area contributed by atoms with Crippen LogP contribution < -0.4 is 0 Å². The van der Waals surface area contributed by atoms with Crippen molar-refractivity contribution in [1.29, 1.82) is 0 Å². The molecule has 2 atom stereocenters. The van der Waals surface area contributed by atoms with Crippen molar-refractivity contribution in [3.8, 4) is 0 Å². The molecule has 2 aromatic heterocycles. The van der Waals surface area contributed by atoms with Crippen molar-refractivity contribution in [2.75, 3.05) is 6.54 Å². The van der Waals surface area contributed by atoms with Gasteiger partial charge >= 0.3 is 0 Å². The van der Waals surface area contributed by atoms with Crippen LogP contribution in [-0.2, 0) is 22.7 Å². The van der Waals surface area contributed by atoms with Crippen molar-refractivity contribution < 1.29 is 18.4 Å². The lowest BCUT2D eigenvalue weighted by Gasteiger charge is -2.21. The number of amides is 2. The summed E-state index contributed by atoms with van der Waals surface area (Å²) in [7, 11) is 0. The number of hydrogen-bond acceptors (Lipinski definition) is 6. The molecule has 1 saturated heterocycles. The van der Waals surface area contributed by atoms with E-state index in [1.807, 2.05) is 60.7 Å². The van der Waals surface area contributed by atoms with Crippen LogP contribution >= 0.6 is 24.0 Å². The first-order valence-corrected chi connectivity index (χ1v) is 13.4. The van der Waals surface area contributed by atoms with Crippen LogP contribution in [0.1, 0.15) is 54.9 Å². The zero-order valence-corrected chi connectivity index (χ0v) is 21.7. The highest BCUT2D eigenvalue weighted by atomic mass is 32.2. The summed E-state index contributed by atoms with van der Waals surface area (Å²) in [5.41, 5.74) is 0.957. The van der Waals surface area contributed by atoms with Crippen LogP contribution in [0.15, 0.2) is 74.6 Å². The molecule has 2 fully saturated rings. The first-order chi connectivity index (χ1) is 17.5. The summed E-state index contributed by atoms with van der Waals surface area (Å²) in [6, 6.07) is 17.4. The van der Waals surface area contributed by atoms with Crippen molar-refractivity contribution in [2.24, 2.45) is 5.92 Å². The molecule has 0 bridgehead atoms. The van der Waals surface area contributed by atoms with Gasteiger partial charge < -0.3 is 13.7 Å². The molecule has 1 aliphatic heterocycles. The molecule has 2 aliphatic rings. The quantitative estimate of drug-likeness (QED) is 0.234. The molecule has 0 radical (unpaired) electrons. The normalized spacial score (nSPS) is 20.4. The Morgan fingerprint density at radius 1 is 1.14 bits per heavy atom. The van der Waals surface area contributed by atoms with E-state index in [1.54, 1.807) is 16.1 Å². The van der Waals surface area contributed by atoms with Crippen molar-refractivity contribution >= 4 is 46.2 Å². The highest BCUT2D eigenvalue weighted by Crippen LogP contribution is 2.47. The number of thiocarbonyl (C=S) groups is 1. The zero-order valence-electron chi connectivity index (χ0n) is 20.1. The van der Waals surface area contributed by atoms with E-state index >= 15 is 0 Å². The fraction of sp³-hybridized carbons (Fsp3) is 0.321. The van der Waals surface area contributed by atoms with Crippen molar-refractivity contribution in [3.05, 3.63) is 88.6 Å². The molecule has 2 unspecified atom stereocenters. The predicted molar refractivity (Wildman–Crippen MR) is 144 cm³/mol. The van der Waals surface area contributed by atoms with Gasteiger partial charge in [0.15, 0.2) is 0 Å². The average molecular weight is 521 g/mol. The molecule has 1 aliphatic carbocycles. The van der Waals surface area contributed by atoms with Gasteiger partial charge in [-0.2, -0.15) is 0 Å². The van der Waals surface area contributed by atoms with E-state index in [1.165, 1.54) is 11.8 Å². The van der Waals surface area contributed by atoms with E-state index in [2.05, 4.69) is 6.92 Å². The second-order valence-electron chi connectivity index (χ2n) is 9.30. The van der Waals surface area contributed by atoms with Gasteiger partial charge in [0.1, 0.15) is 21.6 Å². The molecule has 3 heterocycles. The number of nitrogens with zero attached hydrogens (tertiary/aromatic N) is 2. The second kappa shape index (κ2) is 10.9. The lowest BCUT2D eigenvalue weighted by molar-refractivity contribution is -0.133. The largest absolute Gasteiger partial charge is 0.467 e. The van der Waals surface area contributed by atoms with Crippen LogP contribution in [0, 0.1) is 5.92 Å². The van der Waals surface area contributed by atoms with Crippen molar-refractivity contribution in [2.45, 2.75) is 45.2 Å². The Morgan fingerprint density at radius 2 is 1.92 bits per heavy atom. The zero-order chi connectivity index (χ0) is 25.1. The molecule has 8 heteroatoms. The maximum atomic E-state index is 13.2. The van der Waals surface area contributed by atoms with Gasteiger partial charge in [-0.15, -0.1) is 0 Å². The molecular formula is C28H28N2O4S2. The molecule has 186 valence electrons. The monoisotopic (exact) mass is 520 g/mol. The van der Waals surface area contributed by atoms with E-state index in [-0.39, 0.29) is 11.8 Å². The summed E-state index contributed by atoms with van der Waals surface area (Å²) in [5, 5.41) is 0. The van der Waals surface area contributed by atoms with Crippen LogP contribution in [0.4, 0.5) is 0 Å². The van der Waals surface area contributed by atoms with Crippen LogP contribution in [0.2, 0.25) is 0 Å². The van der Waals surface area contributed by atoms with E-state index < -0.39 is 0 Å². The van der Waals surface area contributed by atoms with Gasteiger partial charge in [0.05, 0.1) is 24.3 Å². The first-order valence-electron chi connectivity index (χ1n) is 12.2. The Morgan fingerprint density at radius 3 is 2.64 bits per heavy atom. The molecular weight excluding hydrogens is 492 g/mol. The summed E-state index contributed by atoms with van der Waals surface area (Å²) < 4.78 is 12.1. The van der Waals surface area contributed by atoms with E-state index in [9.17, 15) is 9.59 Å². The SMILES string of the molecule is CC1CC1c1ccc(CN(Cc2ccco2)C(=O)CCCN2C(=O)/C(=C/c3ccccc3)SC2=S)o1. The molecule has 0 spiro atoms. The highest BCUT2D eigenvalue weighted by molar-refractivity contribution is 8.26. The summed E-state index contributed by atoms with van der Waals surface area (Å²) in [6.45, 7) is 3.36. The predicted octanol–water partition coefficient (Wildman–Crippen LogP) is 6.21. The Balaban J connectivity index is 1.19. The van der Waals surface area contributed by atoms with E-state index in [0.29, 0.717) is 59.3 Å². The standard InChI is InChI=1S/C28H28N2O4S2/c1-19-15-23(19)24-12-11-22(34-24)18-29(17-21-9-6-14-33-21)26(31)10-5-13-30-27(32)25(36-28(30)35)16-20-7-3-2-4-8-20/h2-4,6-9,11-12,14,16,19,23H,5,10,13,15,17-18H2,1H3/b25-16-. The average Bonchev–Trinajstić information content (AvgIpc) is 3.23. The van der Waals surface area contributed by atoms with Crippen LogP contribution in [0.25, 0.3) is 6.08 Å². The highest BCUT2D eigenvalue weighted by Gasteiger charge is 2.37. The van der Waals surface area contributed by atoms with E-state index in [4.69, 9.17) is 21.1 Å². The van der Waals surface area contributed by atoms with E-state index in [0.717, 1.165) is 23.5 Å². The third kappa shape index (κ3) is 5.82. The molecule has 3 aromatic rings. The lowest BCUT2D eigenvalue weighted by atomic mass is 10.2. The Hall–Kier alpha value is -3.10. The molecule has 0 N–H and O–H groups in total. The Bertz CT molecular complexity index is 1270. The smallest absolute Gasteiger partial charge is 0.266 e. The summed E-state index contributed by atoms with van der Waals surface area (Å²) in [4.78, 5) is 30.1. The maximum Gasteiger partial charge on any atom is 0.266 e. The molecule has 1 saturated carbocycles. The molecule has 36 heavy (non-hydrogen) atoms. The second-order valence-corrected chi connectivity index (χ2v) is 11.0. The fourth-order valence-corrected chi connectivity index (χ4v) is 5.66. The minimum atomic E-state index is -0.105. The maximum absolute atomic E-state index is 13.2. The number of carbonyl (C=O) groups is 2. The van der Waals surface area contributed by atoms with Gasteiger partial charge in [-0.25, -0.2) is 0 Å². The van der Waals surface area contributed by atoms with Gasteiger partial charge in [0.25, 0.3) is 5.91 Å². The number of carbonyl (C=O) groups excluding carboxylic acids is 2. The van der Waals surface area contributed by atoms with Crippen LogP contribution in [0.3, 0.4) is 0 Å². The van der Waals surface area contributed by atoms with Gasteiger partial charge in [0, 0.05) is 18.9 Å². The number of rotatable bonds is 10. The number of benzene rings is 1. The molecule has 6 nitrogen and oxygen atoms in total. The summed E-state index contributed by atoms with van der Waals surface area (Å²) in [5.74, 6) is 3.52. The molecule has 2 amide bonds. The van der Waals surface area contributed by atoms with Crippen molar-refractivity contribution in [1.82, 2.24) is 9.80 Å². The van der Waals surface area contributed by atoms with Crippen LogP contribution in [0.5, 0.6) is 0 Å². The Labute approximate surface area is 220 Å². The molecule has 5 rings (SSSR count). The number of thioether (sulfide) groups is 1. The fourth-order valence-electron chi connectivity index (χ4n) is 4.35. The first kappa shape index (κ1) is 24.6. The minimum absolute atomic E-state index is 0.0191. The minimum Gasteiger partial charge on any atom is -0.467 e. The third-order valence-corrected chi connectivity index (χ3v) is 7.90. The third-order valence-electron chi connectivity index (χ3n) is 6.53. The summed E-state index contributed by atoms with van der Waals surface area (Å²) in [6.07, 6.45) is 5.43. The van der Waals surface area contributed by atoms with Gasteiger partial charge in [-0.1, -0.05) is 61.2 Å². The van der Waals surface area contributed by atoms with Gasteiger partial charge in [-0.3, -0.25) is 14.5 Å². The topological polar surface area (TPSA) is 66.9 Å². The van der Waals surface area contributed by atoms with Gasteiger partial charge in [0.2, 0.25) is 5.91 Å². The van der Waals surface area contributed by atoms with Crippen molar-refractivity contribution in [3.63, 3.8) is 0 Å². The molecule has 1 aromatic carbocycles. The Kier molecular flexibility index (Phi) is 7.43. The lowest BCUT2D eigenvalue weighted by Crippen LogP contribution is -2.32. The summed E-state index contributed by atoms with van der Waals surface area (Å²) >= 11 is 6.75. The number of hydrogen-bond donors (Lipinski definition) is 0. The number of furan rings is 2. The van der Waals surface area contributed by atoms with Crippen LogP contribution in [-0.4, -0.2) is 32.5 Å².